The van der Waals surface area contributed by atoms with Gasteiger partial charge in [0.05, 0.1) is 6.61 Å². The summed E-state index contributed by atoms with van der Waals surface area (Å²) in [5, 5.41) is 2.77. The molecule has 0 saturated carbocycles. The van der Waals surface area contributed by atoms with Crippen LogP contribution in [0.5, 0.6) is 5.75 Å². The molecule has 148 valence electrons. The van der Waals surface area contributed by atoms with Crippen LogP contribution in [0.2, 0.25) is 0 Å². The van der Waals surface area contributed by atoms with E-state index in [1.807, 2.05) is 48.5 Å². The molecule has 7 nitrogen and oxygen atoms in total. The Morgan fingerprint density at radius 2 is 1.97 bits per heavy atom. The first-order valence-corrected chi connectivity index (χ1v) is 9.44. The van der Waals surface area contributed by atoms with E-state index in [1.54, 1.807) is 0 Å². The van der Waals surface area contributed by atoms with Crippen LogP contribution < -0.4 is 15.6 Å². The van der Waals surface area contributed by atoms with E-state index >= 15 is 0 Å². The number of nitrogens with one attached hydrogen (secondary N) is 2. The minimum atomic E-state index is -0.505. The first-order chi connectivity index (χ1) is 14.2. The standard InChI is InChI=1S/C22H21N3O4/c26-21(24-13-19-17-9-5-4-6-15(17)10-11-28-19)18-12-23-20(25-22(18)27)14-29-16-7-2-1-3-8-16/h1-9,12,19H,10-11,13-14H2,(H,24,26)(H,23,25,27)/t19-/m0/s1. The topological polar surface area (TPSA) is 93.3 Å². The summed E-state index contributed by atoms with van der Waals surface area (Å²) in [6.07, 6.45) is 1.90. The van der Waals surface area contributed by atoms with Gasteiger partial charge in [0.2, 0.25) is 0 Å². The Bertz CT molecular complexity index is 1050. The second-order valence-electron chi connectivity index (χ2n) is 6.69. The molecular weight excluding hydrogens is 370 g/mol. The molecule has 29 heavy (non-hydrogen) atoms. The van der Waals surface area contributed by atoms with Crippen molar-refractivity contribution in [3.8, 4) is 5.75 Å². The minimum absolute atomic E-state index is 0.0439. The van der Waals surface area contributed by atoms with Gasteiger partial charge >= 0.3 is 0 Å². The van der Waals surface area contributed by atoms with Crippen LogP contribution in [0.15, 0.2) is 65.6 Å². The third kappa shape index (κ3) is 4.52. The number of benzene rings is 2. The highest BCUT2D eigenvalue weighted by molar-refractivity contribution is 5.93. The molecule has 3 aromatic rings. The summed E-state index contributed by atoms with van der Waals surface area (Å²) in [6, 6.07) is 17.2. The van der Waals surface area contributed by atoms with Crippen molar-refractivity contribution in [2.24, 2.45) is 0 Å². The predicted octanol–water partition coefficient (Wildman–Crippen LogP) is 2.39. The van der Waals surface area contributed by atoms with Crippen LogP contribution in [-0.4, -0.2) is 29.0 Å². The van der Waals surface area contributed by atoms with Crippen LogP contribution in [0.4, 0.5) is 0 Å². The zero-order valence-corrected chi connectivity index (χ0v) is 15.8. The highest BCUT2D eigenvalue weighted by atomic mass is 16.5. The van der Waals surface area contributed by atoms with E-state index in [0.29, 0.717) is 18.2 Å². The largest absolute Gasteiger partial charge is 0.486 e. The van der Waals surface area contributed by atoms with E-state index in [1.165, 1.54) is 11.8 Å². The van der Waals surface area contributed by atoms with Gasteiger partial charge in [-0.25, -0.2) is 4.98 Å². The fourth-order valence-corrected chi connectivity index (χ4v) is 3.26. The molecule has 2 N–H and O–H groups in total. The van der Waals surface area contributed by atoms with E-state index in [0.717, 1.165) is 12.0 Å². The minimum Gasteiger partial charge on any atom is -0.486 e. The number of hydrogen-bond donors (Lipinski definition) is 2. The molecule has 1 aliphatic heterocycles. The Labute approximate surface area is 167 Å². The van der Waals surface area contributed by atoms with Gasteiger partial charge in [0, 0.05) is 12.7 Å². The lowest BCUT2D eigenvalue weighted by Gasteiger charge is -2.26. The molecule has 0 fully saturated rings. The number of rotatable bonds is 6. The summed E-state index contributed by atoms with van der Waals surface area (Å²) in [6.45, 7) is 0.998. The van der Waals surface area contributed by atoms with Crippen LogP contribution in [0.1, 0.15) is 33.4 Å². The van der Waals surface area contributed by atoms with Crippen LogP contribution in [0, 0.1) is 0 Å². The van der Waals surface area contributed by atoms with Crippen molar-refractivity contribution in [1.29, 1.82) is 0 Å². The lowest BCUT2D eigenvalue weighted by Crippen LogP contribution is -2.35. The van der Waals surface area contributed by atoms with Crippen molar-refractivity contribution in [3.05, 3.63) is 93.7 Å². The lowest BCUT2D eigenvalue weighted by atomic mass is 9.97. The number of fused-ring (bicyclic) bond motifs is 1. The van der Waals surface area contributed by atoms with Crippen LogP contribution in [0.3, 0.4) is 0 Å². The highest BCUT2D eigenvalue weighted by Crippen LogP contribution is 2.26. The number of ether oxygens (including phenoxy) is 2. The van der Waals surface area contributed by atoms with Crippen molar-refractivity contribution in [1.82, 2.24) is 15.3 Å². The maximum atomic E-state index is 12.5. The first kappa shape index (κ1) is 18.9. The lowest BCUT2D eigenvalue weighted by molar-refractivity contribution is 0.0411. The number of nitrogens with zero attached hydrogens (tertiary/aromatic N) is 1. The monoisotopic (exact) mass is 391 g/mol. The number of carbonyl (C=O) groups excluding carboxylic acids is 1. The van der Waals surface area contributed by atoms with Gasteiger partial charge in [-0.2, -0.15) is 0 Å². The summed E-state index contributed by atoms with van der Waals surface area (Å²) >= 11 is 0. The Morgan fingerprint density at radius 1 is 1.17 bits per heavy atom. The number of hydrogen-bond acceptors (Lipinski definition) is 5. The number of aromatic amines is 1. The molecule has 0 aliphatic carbocycles. The van der Waals surface area contributed by atoms with E-state index in [9.17, 15) is 9.59 Å². The Balaban J connectivity index is 1.37. The number of H-pyrrole nitrogens is 1. The second kappa shape index (κ2) is 8.70. The molecule has 0 spiro atoms. The fraction of sp³-hybridized carbons (Fsp3) is 0.227. The number of amides is 1. The molecule has 0 bridgehead atoms. The van der Waals surface area contributed by atoms with Crippen molar-refractivity contribution in [3.63, 3.8) is 0 Å². The summed E-state index contributed by atoms with van der Waals surface area (Å²) in [7, 11) is 0. The second-order valence-corrected chi connectivity index (χ2v) is 6.69. The van der Waals surface area contributed by atoms with Gasteiger partial charge in [-0.05, 0) is 29.7 Å². The van der Waals surface area contributed by atoms with E-state index < -0.39 is 11.5 Å². The summed E-state index contributed by atoms with van der Waals surface area (Å²) in [4.78, 5) is 31.5. The van der Waals surface area contributed by atoms with Crippen molar-refractivity contribution in [2.75, 3.05) is 13.2 Å². The number of para-hydroxylation sites is 1. The van der Waals surface area contributed by atoms with Crippen LogP contribution >= 0.6 is 0 Å². The van der Waals surface area contributed by atoms with Gasteiger partial charge < -0.3 is 19.8 Å². The highest BCUT2D eigenvalue weighted by Gasteiger charge is 2.22. The molecule has 7 heteroatoms. The predicted molar refractivity (Wildman–Crippen MR) is 107 cm³/mol. The molecule has 1 aromatic heterocycles. The molecule has 2 aromatic carbocycles. The Morgan fingerprint density at radius 3 is 2.79 bits per heavy atom. The van der Waals surface area contributed by atoms with Gasteiger partial charge in [-0.3, -0.25) is 9.59 Å². The smallest absolute Gasteiger partial charge is 0.263 e. The maximum absolute atomic E-state index is 12.5. The molecule has 0 unspecified atom stereocenters. The van der Waals surface area contributed by atoms with Crippen molar-refractivity contribution in [2.45, 2.75) is 19.1 Å². The molecule has 1 amide bonds. The third-order valence-corrected chi connectivity index (χ3v) is 4.76. The molecular formula is C22H21N3O4. The Kier molecular flexibility index (Phi) is 5.67. The molecule has 1 atom stereocenters. The molecule has 0 saturated heterocycles. The van der Waals surface area contributed by atoms with Gasteiger partial charge in [-0.15, -0.1) is 0 Å². The molecule has 0 radical (unpaired) electrons. The normalized spacial score (nSPS) is 15.4. The molecule has 1 aliphatic rings. The van der Waals surface area contributed by atoms with E-state index in [4.69, 9.17) is 9.47 Å². The zero-order valence-electron chi connectivity index (χ0n) is 15.8. The van der Waals surface area contributed by atoms with E-state index in [2.05, 4.69) is 21.4 Å². The van der Waals surface area contributed by atoms with Gasteiger partial charge in [0.25, 0.3) is 11.5 Å². The third-order valence-electron chi connectivity index (χ3n) is 4.76. The number of aromatic nitrogens is 2. The summed E-state index contributed by atoms with van der Waals surface area (Å²) < 4.78 is 11.3. The zero-order chi connectivity index (χ0) is 20.1. The first-order valence-electron chi connectivity index (χ1n) is 9.44. The quantitative estimate of drug-likeness (QED) is 0.673. The van der Waals surface area contributed by atoms with Gasteiger partial charge in [0.15, 0.2) is 0 Å². The number of carbonyl (C=O) groups is 1. The van der Waals surface area contributed by atoms with Crippen molar-refractivity contribution < 1.29 is 14.3 Å². The molecule has 4 rings (SSSR count). The SMILES string of the molecule is O=C(NC[C@@H]1OCCc2ccccc21)c1cnc(COc2ccccc2)[nH]c1=O. The van der Waals surface area contributed by atoms with Gasteiger partial charge in [-0.1, -0.05) is 42.5 Å². The summed E-state index contributed by atoms with van der Waals surface area (Å²) in [5.74, 6) is 0.533. The Hall–Kier alpha value is -3.45. The summed E-state index contributed by atoms with van der Waals surface area (Å²) in [5.41, 5.74) is 1.74. The maximum Gasteiger partial charge on any atom is 0.263 e. The van der Waals surface area contributed by atoms with Crippen LogP contribution in [-0.2, 0) is 17.8 Å². The van der Waals surface area contributed by atoms with E-state index in [-0.39, 0.29) is 24.8 Å². The van der Waals surface area contributed by atoms with Gasteiger partial charge in [0.1, 0.15) is 29.8 Å². The average molecular weight is 391 g/mol. The van der Waals surface area contributed by atoms with Crippen molar-refractivity contribution >= 4 is 5.91 Å². The average Bonchev–Trinajstić information content (AvgIpc) is 2.77. The molecule has 2 heterocycles. The fourth-order valence-electron chi connectivity index (χ4n) is 3.26. The van der Waals surface area contributed by atoms with Crippen LogP contribution in [0.25, 0.3) is 0 Å².